The van der Waals surface area contributed by atoms with Crippen molar-refractivity contribution in [2.24, 2.45) is 0 Å². The number of alkyl halides is 2. The molecule has 0 amide bonds. The zero-order valence-corrected chi connectivity index (χ0v) is 9.49. The Balaban J connectivity index is 2.66. The molecule has 3 nitrogen and oxygen atoms in total. The Morgan fingerprint density at radius 3 is 2.35 bits per heavy atom. The molecule has 0 fully saturated rings. The van der Waals surface area contributed by atoms with Gasteiger partial charge in [-0.2, -0.15) is 5.26 Å². The van der Waals surface area contributed by atoms with E-state index in [2.05, 4.69) is 11.4 Å². The van der Waals surface area contributed by atoms with Crippen molar-refractivity contribution in [3.8, 4) is 6.07 Å². The second-order valence-electron chi connectivity index (χ2n) is 3.48. The van der Waals surface area contributed by atoms with Crippen molar-refractivity contribution in [3.05, 3.63) is 35.4 Å². The second-order valence-corrected chi connectivity index (χ2v) is 3.48. The van der Waals surface area contributed by atoms with E-state index in [0.717, 1.165) is 0 Å². The fourth-order valence-electron chi connectivity index (χ4n) is 1.38. The first-order valence-corrected chi connectivity index (χ1v) is 5.19. The van der Waals surface area contributed by atoms with Crippen molar-refractivity contribution < 1.29 is 13.5 Å². The molecule has 1 unspecified atom stereocenters. The molecule has 0 saturated carbocycles. The number of nitriles is 1. The van der Waals surface area contributed by atoms with E-state index in [-0.39, 0.29) is 5.56 Å². The fourth-order valence-corrected chi connectivity index (χ4v) is 1.38. The molecule has 17 heavy (non-hydrogen) atoms. The Morgan fingerprint density at radius 1 is 1.29 bits per heavy atom. The minimum absolute atomic E-state index is 0.0395. The maximum atomic E-state index is 12.3. The van der Waals surface area contributed by atoms with Gasteiger partial charge in [0.05, 0.1) is 12.7 Å². The first kappa shape index (κ1) is 13.6. The lowest BCUT2D eigenvalue weighted by Crippen LogP contribution is -2.23. The molecule has 0 saturated heterocycles. The van der Waals surface area contributed by atoms with E-state index in [4.69, 9.17) is 10.00 Å². The van der Waals surface area contributed by atoms with Crippen LogP contribution in [0.2, 0.25) is 0 Å². The summed E-state index contributed by atoms with van der Waals surface area (Å²) in [6.07, 6.45) is -2.48. The van der Waals surface area contributed by atoms with Crippen LogP contribution in [0.5, 0.6) is 0 Å². The van der Waals surface area contributed by atoms with Crippen LogP contribution < -0.4 is 5.32 Å². The van der Waals surface area contributed by atoms with Gasteiger partial charge in [0.15, 0.2) is 0 Å². The van der Waals surface area contributed by atoms with E-state index >= 15 is 0 Å². The average molecular weight is 240 g/mol. The molecule has 0 heterocycles. The molecular formula is C12H14F2N2O. The third-order valence-corrected chi connectivity index (χ3v) is 2.31. The number of hydrogen-bond acceptors (Lipinski definition) is 3. The van der Waals surface area contributed by atoms with Crippen LogP contribution in [0.25, 0.3) is 0 Å². The van der Waals surface area contributed by atoms with Gasteiger partial charge in [-0.3, -0.25) is 5.32 Å². The van der Waals surface area contributed by atoms with Crippen LogP contribution in [0.15, 0.2) is 24.3 Å². The van der Waals surface area contributed by atoms with Gasteiger partial charge < -0.3 is 4.74 Å². The summed E-state index contributed by atoms with van der Waals surface area (Å²) in [6, 6.07) is 7.31. The summed E-state index contributed by atoms with van der Waals surface area (Å²) in [5.74, 6) is 0. The highest BCUT2D eigenvalue weighted by Crippen LogP contribution is 2.21. The van der Waals surface area contributed by atoms with Gasteiger partial charge in [-0.1, -0.05) is 24.3 Å². The van der Waals surface area contributed by atoms with Crippen LogP contribution in [-0.2, 0) is 4.74 Å². The predicted octanol–water partition coefficient (Wildman–Crippen LogP) is 2.42. The molecule has 0 aromatic heterocycles. The van der Waals surface area contributed by atoms with Gasteiger partial charge in [0, 0.05) is 19.2 Å². The van der Waals surface area contributed by atoms with E-state index in [1.165, 1.54) is 24.3 Å². The minimum atomic E-state index is -2.48. The van der Waals surface area contributed by atoms with E-state index in [9.17, 15) is 8.78 Å². The molecule has 0 bridgehead atoms. The van der Waals surface area contributed by atoms with Crippen molar-refractivity contribution in [2.75, 3.05) is 20.3 Å². The molecule has 1 aromatic rings. The smallest absolute Gasteiger partial charge is 0.263 e. The maximum Gasteiger partial charge on any atom is 0.263 e. The average Bonchev–Trinajstić information content (AvgIpc) is 2.35. The molecule has 1 aromatic carbocycles. The normalized spacial score (nSPS) is 12.4. The number of methoxy groups -OCH3 is 1. The topological polar surface area (TPSA) is 45.0 Å². The number of nitrogens with one attached hydrogen (secondary N) is 1. The Labute approximate surface area is 99.0 Å². The molecular weight excluding hydrogens is 226 g/mol. The molecule has 5 heteroatoms. The van der Waals surface area contributed by atoms with Gasteiger partial charge in [0.1, 0.15) is 6.04 Å². The molecule has 0 aliphatic carbocycles. The van der Waals surface area contributed by atoms with Crippen molar-refractivity contribution in [2.45, 2.75) is 12.5 Å². The SMILES string of the molecule is COCCNC(C#N)c1ccc(C(F)F)cc1. The van der Waals surface area contributed by atoms with Gasteiger partial charge in [-0.25, -0.2) is 8.78 Å². The Bertz CT molecular complexity index is 373. The summed E-state index contributed by atoms with van der Waals surface area (Å²) in [5, 5.41) is 11.9. The predicted molar refractivity (Wildman–Crippen MR) is 59.6 cm³/mol. The van der Waals surface area contributed by atoms with Crippen LogP contribution in [0.3, 0.4) is 0 Å². The highest BCUT2D eigenvalue weighted by molar-refractivity contribution is 5.28. The van der Waals surface area contributed by atoms with Crippen LogP contribution in [0, 0.1) is 11.3 Å². The molecule has 0 radical (unpaired) electrons. The lowest BCUT2D eigenvalue weighted by molar-refractivity contribution is 0.151. The van der Waals surface area contributed by atoms with E-state index in [0.29, 0.717) is 18.7 Å². The van der Waals surface area contributed by atoms with Crippen molar-refractivity contribution in [3.63, 3.8) is 0 Å². The Kier molecular flexibility index (Phi) is 5.53. The zero-order chi connectivity index (χ0) is 12.7. The van der Waals surface area contributed by atoms with E-state index in [1.54, 1.807) is 7.11 Å². The number of rotatable bonds is 6. The van der Waals surface area contributed by atoms with Crippen LogP contribution in [0.4, 0.5) is 8.78 Å². The summed E-state index contributed by atoms with van der Waals surface area (Å²) in [4.78, 5) is 0. The third kappa shape index (κ3) is 4.10. The first-order valence-electron chi connectivity index (χ1n) is 5.19. The van der Waals surface area contributed by atoms with E-state index in [1.807, 2.05) is 0 Å². The molecule has 0 spiro atoms. The summed E-state index contributed by atoms with van der Waals surface area (Å²) >= 11 is 0. The molecule has 1 rings (SSSR count). The zero-order valence-electron chi connectivity index (χ0n) is 9.49. The number of nitrogens with zero attached hydrogens (tertiary/aromatic N) is 1. The van der Waals surface area contributed by atoms with Crippen LogP contribution in [-0.4, -0.2) is 20.3 Å². The lowest BCUT2D eigenvalue weighted by Gasteiger charge is -2.11. The van der Waals surface area contributed by atoms with Gasteiger partial charge in [0.25, 0.3) is 6.43 Å². The molecule has 92 valence electrons. The molecule has 1 N–H and O–H groups in total. The minimum Gasteiger partial charge on any atom is -0.383 e. The summed E-state index contributed by atoms with van der Waals surface area (Å²) in [6.45, 7) is 1.03. The number of benzene rings is 1. The van der Waals surface area contributed by atoms with Gasteiger partial charge in [-0.15, -0.1) is 0 Å². The van der Waals surface area contributed by atoms with Crippen LogP contribution >= 0.6 is 0 Å². The lowest BCUT2D eigenvalue weighted by atomic mass is 10.1. The monoisotopic (exact) mass is 240 g/mol. The standard InChI is InChI=1S/C12H14F2N2O/c1-17-7-6-16-11(8-15)9-2-4-10(5-3-9)12(13)14/h2-5,11-12,16H,6-7H2,1H3. The molecule has 0 aliphatic rings. The number of halogens is 2. The first-order chi connectivity index (χ1) is 8.19. The third-order valence-electron chi connectivity index (χ3n) is 2.31. The quantitative estimate of drug-likeness (QED) is 0.777. The van der Waals surface area contributed by atoms with Crippen molar-refractivity contribution >= 4 is 0 Å². The van der Waals surface area contributed by atoms with Crippen molar-refractivity contribution in [1.29, 1.82) is 5.26 Å². The highest BCUT2D eigenvalue weighted by Gasteiger charge is 2.11. The number of hydrogen-bond donors (Lipinski definition) is 1. The largest absolute Gasteiger partial charge is 0.383 e. The summed E-state index contributed by atoms with van der Waals surface area (Å²) in [5.41, 5.74) is 0.635. The number of ether oxygens (including phenoxy) is 1. The van der Waals surface area contributed by atoms with Crippen molar-refractivity contribution in [1.82, 2.24) is 5.32 Å². The molecule has 0 aliphatic heterocycles. The van der Waals surface area contributed by atoms with Gasteiger partial charge in [-0.05, 0) is 5.56 Å². The fraction of sp³-hybridized carbons (Fsp3) is 0.417. The Morgan fingerprint density at radius 2 is 1.88 bits per heavy atom. The summed E-state index contributed by atoms with van der Waals surface area (Å²) in [7, 11) is 1.57. The van der Waals surface area contributed by atoms with Crippen LogP contribution in [0.1, 0.15) is 23.6 Å². The second kappa shape index (κ2) is 6.94. The van der Waals surface area contributed by atoms with Gasteiger partial charge in [0.2, 0.25) is 0 Å². The Hall–Kier alpha value is -1.51. The maximum absolute atomic E-state index is 12.3. The summed E-state index contributed by atoms with van der Waals surface area (Å²) < 4.78 is 29.5. The van der Waals surface area contributed by atoms with Gasteiger partial charge >= 0.3 is 0 Å². The van der Waals surface area contributed by atoms with E-state index < -0.39 is 12.5 Å². The molecule has 1 atom stereocenters. The highest BCUT2D eigenvalue weighted by atomic mass is 19.3.